The predicted octanol–water partition coefficient (Wildman–Crippen LogP) is 1.23. The molecule has 0 aromatic carbocycles. The molecule has 5 heteroatoms. The Kier molecular flexibility index (Phi) is 3.81. The smallest absolute Gasteiger partial charge is 0.335 e. The third-order valence-corrected chi connectivity index (χ3v) is 3.33. The summed E-state index contributed by atoms with van der Waals surface area (Å²) in [5.74, 6) is -0.114. The number of aryl methyl sites for hydroxylation is 1. The fourth-order valence-corrected chi connectivity index (χ4v) is 2.23. The van der Waals surface area contributed by atoms with Gasteiger partial charge in [0.25, 0.3) is 0 Å². The molecule has 0 radical (unpaired) electrons. The quantitative estimate of drug-likeness (QED) is 0.873. The Hall–Kier alpha value is -1.62. The van der Waals surface area contributed by atoms with Crippen LogP contribution in [0.1, 0.15) is 23.0 Å². The minimum absolute atomic E-state index is 0.315. The van der Waals surface area contributed by atoms with E-state index in [9.17, 15) is 4.79 Å². The molecule has 0 aliphatic carbocycles. The van der Waals surface area contributed by atoms with E-state index in [0.717, 1.165) is 44.2 Å². The van der Waals surface area contributed by atoms with Crippen LogP contribution in [0.3, 0.4) is 0 Å². The Morgan fingerprint density at radius 3 is 2.56 bits per heavy atom. The number of likely N-dealkylation sites (N-methyl/N-ethyl adjacent to an activating group) is 1. The average molecular weight is 249 g/mol. The van der Waals surface area contributed by atoms with Gasteiger partial charge in [-0.05, 0) is 25.6 Å². The molecule has 1 fully saturated rings. The second kappa shape index (κ2) is 5.35. The van der Waals surface area contributed by atoms with Crippen molar-refractivity contribution in [2.45, 2.75) is 13.8 Å². The summed E-state index contributed by atoms with van der Waals surface area (Å²) < 4.78 is 0. The first-order valence-electron chi connectivity index (χ1n) is 6.29. The minimum atomic E-state index is -0.894. The van der Waals surface area contributed by atoms with E-state index in [2.05, 4.69) is 21.7 Å². The first kappa shape index (κ1) is 12.8. The summed E-state index contributed by atoms with van der Waals surface area (Å²) in [7, 11) is 0. The molecule has 1 N–H and O–H groups in total. The highest BCUT2D eigenvalue weighted by molar-refractivity contribution is 5.88. The molecule has 0 unspecified atom stereocenters. The van der Waals surface area contributed by atoms with E-state index in [4.69, 9.17) is 5.11 Å². The van der Waals surface area contributed by atoms with E-state index in [-0.39, 0.29) is 0 Å². The maximum atomic E-state index is 11.0. The monoisotopic (exact) mass is 249 g/mol. The molecule has 0 spiro atoms. The van der Waals surface area contributed by atoms with E-state index in [1.165, 1.54) is 0 Å². The number of anilines is 1. The van der Waals surface area contributed by atoms with Crippen molar-refractivity contribution in [2.24, 2.45) is 0 Å². The van der Waals surface area contributed by atoms with Gasteiger partial charge in [0, 0.05) is 31.9 Å². The molecule has 0 bridgehead atoms. The van der Waals surface area contributed by atoms with Crippen LogP contribution in [-0.4, -0.2) is 53.7 Å². The average Bonchev–Trinajstić information content (AvgIpc) is 2.38. The van der Waals surface area contributed by atoms with Crippen LogP contribution >= 0.6 is 0 Å². The zero-order valence-corrected chi connectivity index (χ0v) is 10.9. The third-order valence-electron chi connectivity index (χ3n) is 3.33. The van der Waals surface area contributed by atoms with Gasteiger partial charge < -0.3 is 14.9 Å². The topological polar surface area (TPSA) is 56.7 Å². The zero-order chi connectivity index (χ0) is 13.1. The lowest BCUT2D eigenvalue weighted by Crippen LogP contribution is -2.46. The maximum absolute atomic E-state index is 11.0. The zero-order valence-electron chi connectivity index (χ0n) is 10.9. The van der Waals surface area contributed by atoms with E-state index >= 15 is 0 Å². The molecule has 18 heavy (non-hydrogen) atoms. The molecule has 1 aromatic heterocycles. The Morgan fingerprint density at radius 1 is 1.33 bits per heavy atom. The summed E-state index contributed by atoms with van der Waals surface area (Å²) in [6, 6.07) is 3.27. The number of aromatic nitrogens is 1. The van der Waals surface area contributed by atoms with Crippen LogP contribution in [0.5, 0.6) is 0 Å². The fraction of sp³-hybridized carbons (Fsp3) is 0.538. The number of pyridine rings is 1. The summed E-state index contributed by atoms with van der Waals surface area (Å²) in [5.41, 5.74) is 1.07. The van der Waals surface area contributed by atoms with Gasteiger partial charge in [0.15, 0.2) is 0 Å². The number of aromatic carboxylic acids is 1. The van der Waals surface area contributed by atoms with Gasteiger partial charge in [0.1, 0.15) is 5.82 Å². The van der Waals surface area contributed by atoms with Crippen LogP contribution in [0.4, 0.5) is 5.82 Å². The van der Waals surface area contributed by atoms with Crippen molar-refractivity contribution in [1.29, 1.82) is 0 Å². The Bertz CT molecular complexity index is 440. The number of carbonyl (C=O) groups is 1. The van der Waals surface area contributed by atoms with E-state index in [1.807, 2.05) is 6.92 Å². The molecule has 0 atom stereocenters. The first-order valence-corrected chi connectivity index (χ1v) is 6.29. The van der Waals surface area contributed by atoms with Gasteiger partial charge in [-0.25, -0.2) is 9.78 Å². The van der Waals surface area contributed by atoms with Crippen LogP contribution in [0, 0.1) is 6.92 Å². The van der Waals surface area contributed by atoms with Crippen molar-refractivity contribution < 1.29 is 9.90 Å². The summed E-state index contributed by atoms with van der Waals surface area (Å²) in [4.78, 5) is 20.0. The highest BCUT2D eigenvalue weighted by Gasteiger charge is 2.18. The lowest BCUT2D eigenvalue weighted by Gasteiger charge is -2.34. The minimum Gasteiger partial charge on any atom is -0.478 e. The molecule has 5 nitrogen and oxygen atoms in total. The number of piperazine rings is 1. The summed E-state index contributed by atoms with van der Waals surface area (Å²) >= 11 is 0. The van der Waals surface area contributed by atoms with Crippen LogP contribution in [0.25, 0.3) is 0 Å². The summed E-state index contributed by atoms with van der Waals surface area (Å²) in [5, 5.41) is 9.06. The van der Waals surface area contributed by atoms with Crippen molar-refractivity contribution in [3.8, 4) is 0 Å². The van der Waals surface area contributed by atoms with Gasteiger partial charge in [0.2, 0.25) is 0 Å². The number of rotatable bonds is 3. The molecule has 0 saturated carbocycles. The number of hydrogen-bond acceptors (Lipinski definition) is 4. The van der Waals surface area contributed by atoms with Crippen molar-refractivity contribution in [1.82, 2.24) is 9.88 Å². The van der Waals surface area contributed by atoms with E-state index < -0.39 is 5.97 Å². The van der Waals surface area contributed by atoms with Gasteiger partial charge in [0.05, 0.1) is 5.56 Å². The molecule has 2 heterocycles. The fourth-order valence-electron chi connectivity index (χ4n) is 2.23. The van der Waals surface area contributed by atoms with Gasteiger partial charge in [-0.1, -0.05) is 6.92 Å². The van der Waals surface area contributed by atoms with Crippen LogP contribution < -0.4 is 4.90 Å². The van der Waals surface area contributed by atoms with Crippen LogP contribution in [0.15, 0.2) is 12.1 Å². The highest BCUT2D eigenvalue weighted by Crippen LogP contribution is 2.17. The molecular weight excluding hydrogens is 230 g/mol. The van der Waals surface area contributed by atoms with Gasteiger partial charge in [-0.15, -0.1) is 0 Å². The van der Waals surface area contributed by atoms with Gasteiger partial charge >= 0.3 is 5.97 Å². The number of carboxylic acid groups (broad SMARTS) is 1. The molecule has 0 amide bonds. The standard InChI is InChI=1S/C13H19N3O2/c1-3-15-4-6-16(7-5-15)12-9-11(13(17)18)8-10(2)14-12/h8-9H,3-7H2,1-2H3,(H,17,18). The highest BCUT2D eigenvalue weighted by atomic mass is 16.4. The Balaban J connectivity index is 2.16. The van der Waals surface area contributed by atoms with Crippen molar-refractivity contribution >= 4 is 11.8 Å². The molecule has 1 saturated heterocycles. The summed E-state index contributed by atoms with van der Waals surface area (Å²) in [6.07, 6.45) is 0. The molecule has 2 rings (SSSR count). The van der Waals surface area contributed by atoms with Gasteiger partial charge in [-0.3, -0.25) is 0 Å². The van der Waals surface area contributed by atoms with E-state index in [1.54, 1.807) is 12.1 Å². The first-order chi connectivity index (χ1) is 8.60. The lowest BCUT2D eigenvalue weighted by molar-refractivity contribution is 0.0696. The Labute approximate surface area is 107 Å². The largest absolute Gasteiger partial charge is 0.478 e. The molecular formula is C13H19N3O2. The van der Waals surface area contributed by atoms with E-state index in [0.29, 0.717) is 5.56 Å². The number of carboxylic acids is 1. The Morgan fingerprint density at radius 2 is 2.00 bits per heavy atom. The number of hydrogen-bond donors (Lipinski definition) is 1. The normalized spacial score (nSPS) is 16.9. The second-order valence-electron chi connectivity index (χ2n) is 4.58. The molecule has 1 aliphatic heterocycles. The van der Waals surface area contributed by atoms with Crippen LogP contribution in [0.2, 0.25) is 0 Å². The lowest BCUT2D eigenvalue weighted by atomic mass is 10.2. The second-order valence-corrected chi connectivity index (χ2v) is 4.58. The summed E-state index contributed by atoms with van der Waals surface area (Å²) in [6.45, 7) is 8.88. The SMILES string of the molecule is CCN1CCN(c2cc(C(=O)O)cc(C)n2)CC1. The van der Waals surface area contributed by atoms with Crippen LogP contribution in [-0.2, 0) is 0 Å². The number of nitrogens with zero attached hydrogens (tertiary/aromatic N) is 3. The van der Waals surface area contributed by atoms with Gasteiger partial charge in [-0.2, -0.15) is 0 Å². The molecule has 98 valence electrons. The molecule has 1 aromatic rings. The third kappa shape index (κ3) is 2.79. The maximum Gasteiger partial charge on any atom is 0.335 e. The molecule has 1 aliphatic rings. The van der Waals surface area contributed by atoms with Crippen molar-refractivity contribution in [2.75, 3.05) is 37.6 Å². The van der Waals surface area contributed by atoms with Crippen molar-refractivity contribution in [3.63, 3.8) is 0 Å². The van der Waals surface area contributed by atoms with Crippen molar-refractivity contribution in [3.05, 3.63) is 23.4 Å². The predicted molar refractivity (Wildman–Crippen MR) is 70.3 cm³/mol.